The highest BCUT2D eigenvalue weighted by atomic mass is 35.5. The van der Waals surface area contributed by atoms with Crippen molar-refractivity contribution in [1.82, 2.24) is 9.97 Å². The van der Waals surface area contributed by atoms with Crippen LogP contribution in [0.15, 0.2) is 42.9 Å². The molecule has 0 spiro atoms. The number of hydrogen-bond acceptors (Lipinski definition) is 10. The number of thiophene rings is 1. The SMILES string of the molecule is C[C@@](O)(c1cccc(Cl)c1)c1cc(C(=O)c2cncnc2N[C@@H]2C[C@H](COS(N)(=O)=O)[C@@H](O)C2)sc1Cl. The Bertz CT molecular complexity index is 1420. The number of aliphatic hydroxyl groups is 2. The van der Waals surface area contributed by atoms with Crippen molar-refractivity contribution in [2.45, 2.75) is 37.5 Å². The first-order valence-corrected chi connectivity index (χ1v) is 14.1. The van der Waals surface area contributed by atoms with Gasteiger partial charge >= 0.3 is 10.3 Å². The highest BCUT2D eigenvalue weighted by Gasteiger charge is 2.35. The average molecular weight is 588 g/mol. The lowest BCUT2D eigenvalue weighted by molar-refractivity contribution is 0.100. The minimum absolute atomic E-state index is 0.174. The third kappa shape index (κ3) is 6.47. The van der Waals surface area contributed by atoms with Crippen LogP contribution in [0.1, 0.15) is 46.1 Å². The fourth-order valence-corrected chi connectivity index (χ4v) is 6.26. The van der Waals surface area contributed by atoms with Crippen molar-refractivity contribution in [2.24, 2.45) is 11.1 Å². The van der Waals surface area contributed by atoms with Crippen molar-refractivity contribution >= 4 is 56.4 Å². The Morgan fingerprint density at radius 1 is 1.32 bits per heavy atom. The normalized spacial score (nSPS) is 21.5. The number of anilines is 1. The van der Waals surface area contributed by atoms with E-state index in [1.54, 1.807) is 31.2 Å². The Morgan fingerprint density at radius 2 is 2.08 bits per heavy atom. The Labute approximate surface area is 227 Å². The number of nitrogens with one attached hydrogen (secondary N) is 1. The van der Waals surface area contributed by atoms with Crippen molar-refractivity contribution in [1.29, 1.82) is 0 Å². The Kier molecular flexibility index (Phi) is 8.22. The van der Waals surface area contributed by atoms with E-state index in [0.717, 1.165) is 11.3 Å². The summed E-state index contributed by atoms with van der Waals surface area (Å²) in [6, 6.07) is 7.97. The van der Waals surface area contributed by atoms with Crippen molar-refractivity contribution < 1.29 is 27.6 Å². The van der Waals surface area contributed by atoms with Crippen LogP contribution in [0.25, 0.3) is 0 Å². The van der Waals surface area contributed by atoms with Crippen LogP contribution in [-0.4, -0.2) is 53.1 Å². The molecular formula is C23H24Cl2N4O6S2. The van der Waals surface area contributed by atoms with Gasteiger partial charge in [-0.2, -0.15) is 8.42 Å². The monoisotopic (exact) mass is 586 g/mol. The summed E-state index contributed by atoms with van der Waals surface area (Å²) >= 11 is 13.6. The Balaban J connectivity index is 1.54. The van der Waals surface area contributed by atoms with E-state index in [4.69, 9.17) is 28.3 Å². The van der Waals surface area contributed by atoms with Gasteiger partial charge in [0.05, 0.1) is 27.5 Å². The number of aliphatic hydroxyl groups excluding tert-OH is 1. The van der Waals surface area contributed by atoms with Gasteiger partial charge in [-0.15, -0.1) is 11.3 Å². The van der Waals surface area contributed by atoms with Crippen LogP contribution in [0, 0.1) is 5.92 Å². The molecule has 4 atom stereocenters. The molecule has 5 N–H and O–H groups in total. The molecule has 0 aliphatic heterocycles. The predicted octanol–water partition coefficient (Wildman–Crippen LogP) is 3.10. The third-order valence-electron chi connectivity index (χ3n) is 6.22. The Morgan fingerprint density at radius 3 is 2.78 bits per heavy atom. The lowest BCUT2D eigenvalue weighted by Gasteiger charge is -2.23. The van der Waals surface area contributed by atoms with E-state index in [-0.39, 0.29) is 39.7 Å². The molecule has 1 aromatic carbocycles. The third-order valence-corrected chi connectivity index (χ3v) is 8.28. The van der Waals surface area contributed by atoms with Gasteiger partial charge in [0.1, 0.15) is 17.7 Å². The number of benzene rings is 1. The predicted molar refractivity (Wildman–Crippen MR) is 140 cm³/mol. The second kappa shape index (κ2) is 10.9. The van der Waals surface area contributed by atoms with Gasteiger partial charge in [0.2, 0.25) is 5.78 Å². The topological polar surface area (TPSA) is 165 Å². The summed E-state index contributed by atoms with van der Waals surface area (Å²) in [4.78, 5) is 21.9. The van der Waals surface area contributed by atoms with Crippen LogP contribution in [0.2, 0.25) is 9.36 Å². The minimum atomic E-state index is -4.12. The summed E-state index contributed by atoms with van der Waals surface area (Å²) in [5.41, 5.74) is -0.454. The summed E-state index contributed by atoms with van der Waals surface area (Å²) in [6.07, 6.45) is 2.47. The van der Waals surface area contributed by atoms with Gasteiger partial charge in [0, 0.05) is 28.7 Å². The molecule has 1 aliphatic carbocycles. The number of hydrogen-bond donors (Lipinski definition) is 4. The number of carbonyl (C=O) groups excluding carboxylic acids is 1. The van der Waals surface area contributed by atoms with Gasteiger partial charge in [-0.05, 0) is 43.5 Å². The highest BCUT2D eigenvalue weighted by Crippen LogP contribution is 2.40. The minimum Gasteiger partial charge on any atom is -0.393 e. The molecule has 0 bridgehead atoms. The number of halogens is 2. The molecule has 37 heavy (non-hydrogen) atoms. The number of rotatable bonds is 9. The number of aromatic nitrogens is 2. The van der Waals surface area contributed by atoms with E-state index in [9.17, 15) is 23.4 Å². The van der Waals surface area contributed by atoms with Crippen molar-refractivity contribution in [2.75, 3.05) is 11.9 Å². The van der Waals surface area contributed by atoms with Gasteiger partial charge in [-0.25, -0.2) is 15.1 Å². The lowest BCUT2D eigenvalue weighted by Crippen LogP contribution is -2.24. The zero-order valence-corrected chi connectivity index (χ0v) is 22.6. The van der Waals surface area contributed by atoms with E-state index in [2.05, 4.69) is 19.5 Å². The summed E-state index contributed by atoms with van der Waals surface area (Å²) in [6.45, 7) is 1.32. The van der Waals surface area contributed by atoms with Gasteiger partial charge < -0.3 is 15.5 Å². The number of nitrogens with zero attached hydrogens (tertiary/aromatic N) is 2. The summed E-state index contributed by atoms with van der Waals surface area (Å²) in [5, 5.41) is 30.0. The van der Waals surface area contributed by atoms with Crippen molar-refractivity contribution in [3.63, 3.8) is 0 Å². The molecule has 4 rings (SSSR count). The number of carbonyl (C=O) groups is 1. The van der Waals surface area contributed by atoms with Crippen LogP contribution in [0.4, 0.5) is 5.82 Å². The molecule has 0 unspecified atom stereocenters. The molecule has 0 radical (unpaired) electrons. The molecular weight excluding hydrogens is 563 g/mol. The van der Waals surface area contributed by atoms with Crippen LogP contribution in [0.3, 0.4) is 0 Å². The first kappa shape index (κ1) is 27.9. The van der Waals surface area contributed by atoms with Crippen LogP contribution >= 0.6 is 34.5 Å². The molecule has 3 aromatic rings. The molecule has 1 fully saturated rings. The Hall–Kier alpha value is -2.16. The standard InChI is InChI=1S/C23H24Cl2N4O6S2/c1-23(32,13-3-2-4-14(24)6-13)17-8-19(36-21(17)25)20(31)16-9-27-11-28-22(16)29-15-5-12(18(30)7-15)10-35-37(26,33)34/h2-4,6,8-9,11-12,15,18,30,32H,5,7,10H2,1H3,(H2,26,33,34)(H,27,28,29)/t12-,15-,18+,23-/m1/s1. The lowest BCUT2D eigenvalue weighted by atomic mass is 9.89. The maximum Gasteiger partial charge on any atom is 0.333 e. The van der Waals surface area contributed by atoms with Gasteiger partial charge in [-0.1, -0.05) is 35.3 Å². The van der Waals surface area contributed by atoms with E-state index in [1.807, 2.05) is 0 Å². The smallest absolute Gasteiger partial charge is 0.333 e. The zero-order valence-electron chi connectivity index (χ0n) is 19.5. The molecule has 1 aliphatic rings. The maximum absolute atomic E-state index is 13.4. The second-order valence-electron chi connectivity index (χ2n) is 8.91. The number of ketones is 1. The molecule has 14 heteroatoms. The fraction of sp³-hybridized carbons (Fsp3) is 0.348. The van der Waals surface area contributed by atoms with Gasteiger partial charge in [0.15, 0.2) is 0 Å². The van der Waals surface area contributed by atoms with E-state index in [1.165, 1.54) is 18.6 Å². The largest absolute Gasteiger partial charge is 0.393 e. The van der Waals surface area contributed by atoms with E-state index >= 15 is 0 Å². The summed E-state index contributed by atoms with van der Waals surface area (Å²) in [7, 11) is -4.12. The zero-order chi connectivity index (χ0) is 27.0. The fourth-order valence-electron chi connectivity index (χ4n) is 4.28. The average Bonchev–Trinajstić information content (AvgIpc) is 3.39. The van der Waals surface area contributed by atoms with Crippen LogP contribution in [-0.2, 0) is 20.1 Å². The molecule has 0 saturated heterocycles. The first-order chi connectivity index (χ1) is 17.3. The quantitative estimate of drug-likeness (QED) is 0.275. The maximum atomic E-state index is 13.4. The molecule has 2 aromatic heterocycles. The van der Waals surface area contributed by atoms with E-state index in [0.29, 0.717) is 22.6 Å². The van der Waals surface area contributed by atoms with Crippen LogP contribution in [0.5, 0.6) is 0 Å². The number of nitrogens with two attached hydrogens (primary N) is 1. The van der Waals surface area contributed by atoms with Crippen LogP contribution < -0.4 is 10.5 Å². The van der Waals surface area contributed by atoms with E-state index < -0.39 is 33.7 Å². The van der Waals surface area contributed by atoms with Crippen molar-refractivity contribution in [3.05, 3.63) is 73.8 Å². The van der Waals surface area contributed by atoms with Gasteiger partial charge in [-0.3, -0.25) is 8.98 Å². The molecule has 1 saturated carbocycles. The second-order valence-corrected chi connectivity index (χ2v) is 12.2. The molecule has 2 heterocycles. The van der Waals surface area contributed by atoms with Crippen molar-refractivity contribution in [3.8, 4) is 0 Å². The van der Waals surface area contributed by atoms with Gasteiger partial charge in [0.25, 0.3) is 0 Å². The summed E-state index contributed by atoms with van der Waals surface area (Å²) in [5.74, 6) is -0.627. The summed E-state index contributed by atoms with van der Waals surface area (Å²) < 4.78 is 27.0. The molecule has 198 valence electrons. The highest BCUT2D eigenvalue weighted by molar-refractivity contribution is 7.84. The molecule has 0 amide bonds. The first-order valence-electron chi connectivity index (χ1n) is 11.1. The molecule has 10 nitrogen and oxygen atoms in total.